The van der Waals surface area contributed by atoms with Crippen molar-refractivity contribution in [3.63, 3.8) is 0 Å². The highest BCUT2D eigenvalue weighted by Crippen LogP contribution is 2.32. The molecule has 6 nitrogen and oxygen atoms in total. The van der Waals surface area contributed by atoms with Gasteiger partial charge in [-0.25, -0.2) is 9.37 Å². The fraction of sp³-hybridized carbons (Fsp3) is 0.333. The molecule has 1 aliphatic rings. The minimum atomic E-state index is -0.302. The Bertz CT molecular complexity index is 911. The van der Waals surface area contributed by atoms with Crippen molar-refractivity contribution >= 4 is 16.7 Å². The number of halogens is 1. The predicted molar refractivity (Wildman–Crippen MR) is 92.4 cm³/mol. The van der Waals surface area contributed by atoms with Crippen LogP contribution in [0.4, 0.5) is 10.2 Å². The molecule has 130 valence electrons. The van der Waals surface area contributed by atoms with Gasteiger partial charge in [-0.05, 0) is 18.2 Å². The fourth-order valence-corrected chi connectivity index (χ4v) is 3.15. The lowest BCUT2D eigenvalue weighted by Crippen LogP contribution is -2.38. The smallest absolute Gasteiger partial charge is 0.133 e. The monoisotopic (exact) mass is 342 g/mol. The van der Waals surface area contributed by atoms with Crippen molar-refractivity contribution in [3.05, 3.63) is 48.0 Å². The van der Waals surface area contributed by atoms with Crippen molar-refractivity contribution in [2.45, 2.75) is 6.10 Å². The molecule has 0 radical (unpaired) electrons. The van der Waals surface area contributed by atoms with Gasteiger partial charge in [-0.15, -0.1) is 0 Å². The molecule has 0 N–H and O–H groups in total. The SMILES string of the molecule is COc1cc(N2CCOC(c3cnn(C)c3)C2)nc2ccc(F)cc12. The fourth-order valence-electron chi connectivity index (χ4n) is 3.15. The molecule has 0 spiro atoms. The van der Waals surface area contributed by atoms with E-state index in [0.29, 0.717) is 29.8 Å². The van der Waals surface area contributed by atoms with Gasteiger partial charge in [0.25, 0.3) is 0 Å². The summed E-state index contributed by atoms with van der Waals surface area (Å²) in [5.74, 6) is 1.11. The lowest BCUT2D eigenvalue weighted by molar-refractivity contribution is 0.0395. The van der Waals surface area contributed by atoms with Crippen LogP contribution in [0.25, 0.3) is 10.9 Å². The number of nitrogens with zero attached hydrogens (tertiary/aromatic N) is 4. The van der Waals surface area contributed by atoms with E-state index in [1.165, 1.54) is 12.1 Å². The van der Waals surface area contributed by atoms with E-state index in [1.54, 1.807) is 17.9 Å². The maximum absolute atomic E-state index is 13.5. The summed E-state index contributed by atoms with van der Waals surface area (Å²) >= 11 is 0. The predicted octanol–water partition coefficient (Wildman–Crippen LogP) is 2.69. The molecule has 1 saturated heterocycles. The van der Waals surface area contributed by atoms with Gasteiger partial charge in [-0.2, -0.15) is 5.10 Å². The zero-order chi connectivity index (χ0) is 17.4. The molecule has 0 amide bonds. The number of morpholine rings is 1. The van der Waals surface area contributed by atoms with Crippen LogP contribution in [-0.2, 0) is 11.8 Å². The van der Waals surface area contributed by atoms with Crippen molar-refractivity contribution in [3.8, 4) is 5.75 Å². The lowest BCUT2D eigenvalue weighted by atomic mass is 10.1. The van der Waals surface area contributed by atoms with Gasteiger partial charge in [-0.3, -0.25) is 4.68 Å². The quantitative estimate of drug-likeness (QED) is 0.732. The molecule has 0 bridgehead atoms. The molecule has 1 aromatic carbocycles. The maximum Gasteiger partial charge on any atom is 0.133 e. The molecule has 7 heteroatoms. The standard InChI is InChI=1S/C18H19FN4O2/c1-22-10-12(9-20-22)17-11-23(5-6-25-17)18-8-16(24-2)14-7-13(19)3-4-15(14)21-18/h3-4,7-10,17H,5-6,11H2,1-2H3. The number of benzene rings is 1. The Morgan fingerprint density at radius 1 is 1.32 bits per heavy atom. The molecule has 3 aromatic rings. The number of pyridine rings is 1. The number of hydrogen-bond donors (Lipinski definition) is 0. The van der Waals surface area contributed by atoms with Crippen molar-refractivity contribution in [1.29, 1.82) is 0 Å². The third-order valence-electron chi connectivity index (χ3n) is 4.43. The molecule has 1 unspecified atom stereocenters. The van der Waals surface area contributed by atoms with E-state index in [1.807, 2.05) is 25.5 Å². The largest absolute Gasteiger partial charge is 0.496 e. The summed E-state index contributed by atoms with van der Waals surface area (Å²) in [7, 11) is 3.47. The Morgan fingerprint density at radius 2 is 2.20 bits per heavy atom. The molecule has 3 heterocycles. The minimum absolute atomic E-state index is 0.0563. The molecular weight excluding hydrogens is 323 g/mol. The van der Waals surface area contributed by atoms with Crippen LogP contribution in [0.2, 0.25) is 0 Å². The van der Waals surface area contributed by atoms with E-state index in [2.05, 4.69) is 15.0 Å². The van der Waals surface area contributed by atoms with Gasteiger partial charge in [0.15, 0.2) is 0 Å². The maximum atomic E-state index is 13.5. The Balaban J connectivity index is 1.67. The first-order valence-corrected chi connectivity index (χ1v) is 8.13. The summed E-state index contributed by atoms with van der Waals surface area (Å²) in [4.78, 5) is 6.84. The number of hydrogen-bond acceptors (Lipinski definition) is 5. The van der Waals surface area contributed by atoms with Gasteiger partial charge in [0.1, 0.15) is 23.5 Å². The van der Waals surface area contributed by atoms with Crippen LogP contribution in [-0.4, -0.2) is 41.6 Å². The van der Waals surface area contributed by atoms with Crippen LogP contribution in [0.1, 0.15) is 11.7 Å². The first kappa shape index (κ1) is 15.8. The van der Waals surface area contributed by atoms with Crippen molar-refractivity contribution in [2.24, 2.45) is 7.05 Å². The zero-order valence-electron chi connectivity index (χ0n) is 14.1. The summed E-state index contributed by atoms with van der Waals surface area (Å²) in [6.45, 7) is 2.01. The molecule has 1 fully saturated rings. The Kier molecular flexibility index (Phi) is 4.01. The van der Waals surface area contributed by atoms with Gasteiger partial charge in [0, 0.05) is 43.4 Å². The van der Waals surface area contributed by atoms with Crippen LogP contribution >= 0.6 is 0 Å². The number of aromatic nitrogens is 3. The Hall–Kier alpha value is -2.67. The second kappa shape index (κ2) is 6.33. The summed E-state index contributed by atoms with van der Waals surface area (Å²) in [6, 6.07) is 6.39. The van der Waals surface area contributed by atoms with Gasteiger partial charge in [0.2, 0.25) is 0 Å². The second-order valence-corrected chi connectivity index (χ2v) is 6.10. The third-order valence-corrected chi connectivity index (χ3v) is 4.43. The molecule has 0 aliphatic carbocycles. The highest BCUT2D eigenvalue weighted by atomic mass is 19.1. The van der Waals surface area contributed by atoms with Gasteiger partial charge >= 0.3 is 0 Å². The van der Waals surface area contributed by atoms with Gasteiger partial charge < -0.3 is 14.4 Å². The average Bonchev–Trinajstić information content (AvgIpc) is 3.07. The molecule has 0 saturated carbocycles. The first-order chi connectivity index (χ1) is 12.1. The second-order valence-electron chi connectivity index (χ2n) is 6.10. The Labute approximate surface area is 144 Å². The van der Waals surface area contributed by atoms with Crippen molar-refractivity contribution < 1.29 is 13.9 Å². The minimum Gasteiger partial charge on any atom is -0.496 e. The van der Waals surface area contributed by atoms with E-state index >= 15 is 0 Å². The van der Waals surface area contributed by atoms with E-state index in [4.69, 9.17) is 9.47 Å². The number of ether oxygens (including phenoxy) is 2. The normalized spacial score (nSPS) is 17.9. The molecule has 4 rings (SSSR count). The number of aryl methyl sites for hydroxylation is 1. The zero-order valence-corrected chi connectivity index (χ0v) is 14.1. The number of fused-ring (bicyclic) bond motifs is 1. The van der Waals surface area contributed by atoms with E-state index < -0.39 is 0 Å². The summed E-state index contributed by atoms with van der Waals surface area (Å²) in [6.07, 6.45) is 3.73. The van der Waals surface area contributed by atoms with E-state index in [9.17, 15) is 4.39 Å². The third kappa shape index (κ3) is 3.02. The molecule has 25 heavy (non-hydrogen) atoms. The first-order valence-electron chi connectivity index (χ1n) is 8.13. The van der Waals surface area contributed by atoms with Crippen molar-refractivity contribution in [1.82, 2.24) is 14.8 Å². The van der Waals surface area contributed by atoms with Gasteiger partial charge in [0.05, 0.1) is 25.4 Å². The van der Waals surface area contributed by atoms with Crippen LogP contribution < -0.4 is 9.64 Å². The van der Waals surface area contributed by atoms with Crippen LogP contribution in [0.3, 0.4) is 0 Å². The number of methoxy groups -OCH3 is 1. The lowest BCUT2D eigenvalue weighted by Gasteiger charge is -2.33. The number of rotatable bonds is 3. The van der Waals surface area contributed by atoms with Crippen molar-refractivity contribution in [2.75, 3.05) is 31.7 Å². The topological polar surface area (TPSA) is 52.4 Å². The molecular formula is C18H19FN4O2. The van der Waals surface area contributed by atoms with E-state index in [0.717, 1.165) is 17.9 Å². The number of anilines is 1. The molecule has 2 aromatic heterocycles. The average molecular weight is 342 g/mol. The highest BCUT2D eigenvalue weighted by Gasteiger charge is 2.24. The van der Waals surface area contributed by atoms with Gasteiger partial charge in [-0.1, -0.05) is 0 Å². The van der Waals surface area contributed by atoms with Crippen LogP contribution in [0.5, 0.6) is 5.75 Å². The Morgan fingerprint density at radius 3 is 2.96 bits per heavy atom. The van der Waals surface area contributed by atoms with Crippen LogP contribution in [0, 0.1) is 5.82 Å². The van der Waals surface area contributed by atoms with Crippen LogP contribution in [0.15, 0.2) is 36.7 Å². The van der Waals surface area contributed by atoms with E-state index in [-0.39, 0.29) is 11.9 Å². The molecule has 1 atom stereocenters. The summed E-state index contributed by atoms with van der Waals surface area (Å²) in [5, 5.41) is 4.88. The highest BCUT2D eigenvalue weighted by molar-refractivity contribution is 5.87. The summed E-state index contributed by atoms with van der Waals surface area (Å²) in [5.41, 5.74) is 1.75. The molecule has 1 aliphatic heterocycles. The summed E-state index contributed by atoms with van der Waals surface area (Å²) < 4.78 is 26.6.